The lowest BCUT2D eigenvalue weighted by Gasteiger charge is -2.58. The zero-order valence-corrected chi connectivity index (χ0v) is 14.7. The van der Waals surface area contributed by atoms with Gasteiger partial charge < -0.3 is 0 Å². The van der Waals surface area contributed by atoms with Gasteiger partial charge in [0.2, 0.25) is 0 Å². The summed E-state index contributed by atoms with van der Waals surface area (Å²) in [6.45, 7) is 7.20. The third kappa shape index (κ3) is 3.81. The molecule has 1 aliphatic carbocycles. The maximum atomic E-state index is 2.91. The van der Waals surface area contributed by atoms with E-state index in [9.17, 15) is 0 Å². The Balaban J connectivity index is 1.90. The molecule has 0 aromatic carbocycles. The Kier molecular flexibility index (Phi) is 6.33. The van der Waals surface area contributed by atoms with Crippen LogP contribution in [-0.2, 0) is 0 Å². The third-order valence-corrected chi connectivity index (χ3v) is 6.96. The number of hydrogen-bond donors (Lipinski definition) is 0. The largest absolute Gasteiger partial charge is 0.289 e. The van der Waals surface area contributed by atoms with Crippen molar-refractivity contribution in [2.75, 3.05) is 20.1 Å². The van der Waals surface area contributed by atoms with Gasteiger partial charge in [-0.15, -0.1) is 0 Å². The lowest BCUT2D eigenvalue weighted by molar-refractivity contribution is -0.0568. The Labute approximate surface area is 122 Å². The second kappa shape index (κ2) is 7.77. The average Bonchev–Trinajstić information content (AvgIpc) is 2.41. The fraction of sp³-hybridized carbons (Fsp3) is 1.00. The van der Waals surface area contributed by atoms with E-state index < -0.39 is 0 Å². The van der Waals surface area contributed by atoms with Gasteiger partial charge in [-0.25, -0.2) is 0 Å². The summed E-state index contributed by atoms with van der Waals surface area (Å²) < 4.78 is 5.70. The van der Waals surface area contributed by atoms with E-state index >= 15 is 0 Å². The first-order valence-electron chi connectivity index (χ1n) is 8.48. The second-order valence-corrected chi connectivity index (χ2v) is 8.27. The smallest absolute Gasteiger partial charge is 0.177 e. The van der Waals surface area contributed by atoms with Gasteiger partial charge in [0.15, 0.2) is 9.84 Å². The fourth-order valence-electron chi connectivity index (χ4n) is 3.71. The molecule has 2 aliphatic rings. The summed E-state index contributed by atoms with van der Waals surface area (Å²) in [5.74, 6) is 0. The Hall–Kier alpha value is 0.0969. The lowest BCUT2D eigenvalue weighted by atomic mass is 9.95. The van der Waals surface area contributed by atoms with Gasteiger partial charge in [-0.2, -0.15) is 0 Å². The van der Waals surface area contributed by atoms with Crippen LogP contribution >= 0.6 is 0 Å². The van der Waals surface area contributed by atoms with Crippen LogP contribution in [0.2, 0.25) is 0 Å². The summed E-state index contributed by atoms with van der Waals surface area (Å²) in [4.78, 5) is 2.62. The number of unbranched alkanes of at least 4 members (excludes halogenated alkanes) is 1. The molecule has 112 valence electrons. The molecule has 0 aromatic rings. The predicted octanol–water partition coefficient (Wildman–Crippen LogP) is 2.36. The van der Waals surface area contributed by atoms with Crippen molar-refractivity contribution < 1.29 is 0 Å². The molecule has 2 rings (SSSR count). The lowest BCUT2D eigenvalue weighted by Crippen LogP contribution is -2.74. The number of hydrogen-bond acceptors (Lipinski definition) is 3. The Morgan fingerprint density at radius 2 is 1.84 bits per heavy atom. The molecule has 1 atom stereocenters. The molecule has 1 aliphatic heterocycles. The molecule has 3 nitrogen and oxygen atoms in total. The zero-order valence-electron chi connectivity index (χ0n) is 13.3. The molecule has 0 aromatic heterocycles. The molecule has 19 heavy (non-hydrogen) atoms. The maximum absolute atomic E-state index is 2.91. The second-order valence-electron chi connectivity index (χ2n) is 6.44. The first-order valence-corrected chi connectivity index (χ1v) is 9.74. The maximum Gasteiger partial charge on any atom is 0.177 e. The van der Waals surface area contributed by atoms with Crippen LogP contribution in [0.1, 0.15) is 65.2 Å². The van der Waals surface area contributed by atoms with Crippen molar-refractivity contribution in [2.45, 2.75) is 77.5 Å². The summed E-state index contributed by atoms with van der Waals surface area (Å²) in [6.07, 6.45) is 11.9. The van der Waals surface area contributed by atoms with E-state index in [0.29, 0.717) is 6.29 Å². The van der Waals surface area contributed by atoms with Gasteiger partial charge in [-0.1, -0.05) is 39.5 Å². The quantitative estimate of drug-likeness (QED) is 0.664. The molecule has 0 bridgehead atoms. The molecule has 0 amide bonds. The van der Waals surface area contributed by atoms with Crippen LogP contribution in [-0.4, -0.2) is 56.3 Å². The van der Waals surface area contributed by atoms with Gasteiger partial charge in [0, 0.05) is 12.6 Å². The summed E-state index contributed by atoms with van der Waals surface area (Å²) in [6, 6.07) is 0.919. The molecular weight excluding hydrogens is 250 g/mol. The molecular formula is C15H33N3Si. The van der Waals surface area contributed by atoms with Gasteiger partial charge in [0.05, 0.1) is 0 Å². The summed E-state index contributed by atoms with van der Waals surface area (Å²) >= 11 is 0. The highest BCUT2D eigenvalue weighted by molar-refractivity contribution is 6.32. The molecule has 1 unspecified atom stereocenters. The summed E-state index contributed by atoms with van der Waals surface area (Å²) in [7, 11) is 2.23. The average molecular weight is 284 g/mol. The predicted molar refractivity (Wildman–Crippen MR) is 85.6 cm³/mol. The molecule has 0 spiro atoms. The van der Waals surface area contributed by atoms with Crippen molar-refractivity contribution in [2.24, 2.45) is 0 Å². The number of rotatable bonds is 7. The highest BCUT2D eigenvalue weighted by Gasteiger charge is 2.42. The van der Waals surface area contributed by atoms with E-state index in [2.05, 4.69) is 34.9 Å². The minimum atomic E-state index is -0.111. The molecule has 4 heteroatoms. The van der Waals surface area contributed by atoms with E-state index in [0.717, 1.165) is 6.04 Å². The fourth-order valence-corrected chi connectivity index (χ4v) is 6.17. The van der Waals surface area contributed by atoms with Crippen LogP contribution < -0.4 is 0 Å². The van der Waals surface area contributed by atoms with Gasteiger partial charge in [0.25, 0.3) is 0 Å². The van der Waals surface area contributed by atoms with Crippen molar-refractivity contribution in [1.29, 1.82) is 0 Å². The summed E-state index contributed by atoms with van der Waals surface area (Å²) in [5, 5.41) is 0. The van der Waals surface area contributed by atoms with Crippen molar-refractivity contribution in [3.8, 4) is 0 Å². The van der Waals surface area contributed by atoms with Crippen molar-refractivity contribution in [1.82, 2.24) is 14.0 Å². The highest BCUT2D eigenvalue weighted by Crippen LogP contribution is 2.30. The van der Waals surface area contributed by atoms with Crippen LogP contribution in [0.5, 0.6) is 0 Å². The van der Waals surface area contributed by atoms with Crippen molar-refractivity contribution in [3.05, 3.63) is 0 Å². The van der Waals surface area contributed by atoms with Crippen LogP contribution in [0.15, 0.2) is 0 Å². The molecule has 0 N–H and O–H groups in total. The van der Waals surface area contributed by atoms with E-state index in [1.54, 1.807) is 0 Å². The zero-order chi connectivity index (χ0) is 13.7. The van der Waals surface area contributed by atoms with E-state index in [4.69, 9.17) is 0 Å². The Bertz CT molecular complexity index is 256. The minimum absolute atomic E-state index is 0.111. The van der Waals surface area contributed by atoms with E-state index in [1.807, 2.05) is 0 Å². The van der Waals surface area contributed by atoms with Gasteiger partial charge in [-0.05, 0) is 39.3 Å². The minimum Gasteiger partial charge on any atom is -0.289 e. The topological polar surface area (TPSA) is 9.72 Å². The van der Waals surface area contributed by atoms with Gasteiger partial charge in [0.1, 0.15) is 6.29 Å². The monoisotopic (exact) mass is 283 g/mol. The van der Waals surface area contributed by atoms with Crippen LogP contribution in [0.25, 0.3) is 0 Å². The van der Waals surface area contributed by atoms with E-state index in [-0.39, 0.29) is 9.84 Å². The first kappa shape index (κ1) is 15.5. The standard InChI is InChI=1S/C15H33N3Si/c1-4-6-13-16(3)15-17(12-5-2)19-18(15)14-10-8-7-9-11-14/h14-15H,4-13,19H2,1-3H3. The highest BCUT2D eigenvalue weighted by atomic mass is 28.2. The van der Waals surface area contributed by atoms with Crippen LogP contribution in [0.3, 0.4) is 0 Å². The number of nitrogens with zero attached hydrogens (tertiary/aromatic N) is 3. The van der Waals surface area contributed by atoms with Crippen molar-refractivity contribution in [3.63, 3.8) is 0 Å². The molecule has 1 saturated heterocycles. The summed E-state index contributed by atoms with van der Waals surface area (Å²) in [5.41, 5.74) is 0. The first-order chi connectivity index (χ1) is 9.27. The van der Waals surface area contributed by atoms with E-state index in [1.165, 1.54) is 64.5 Å². The van der Waals surface area contributed by atoms with Gasteiger partial charge in [-0.3, -0.25) is 14.0 Å². The third-order valence-electron chi connectivity index (χ3n) is 4.78. The Morgan fingerprint density at radius 1 is 1.11 bits per heavy atom. The molecule has 1 heterocycles. The van der Waals surface area contributed by atoms with Gasteiger partial charge >= 0.3 is 0 Å². The molecule has 1 saturated carbocycles. The Morgan fingerprint density at radius 3 is 2.47 bits per heavy atom. The SMILES string of the molecule is CCCCN(C)C1N(CCC)[SiH2]N1C1CCCCC1. The normalized spacial score (nSPS) is 28.1. The van der Waals surface area contributed by atoms with Crippen LogP contribution in [0.4, 0.5) is 0 Å². The molecule has 0 radical (unpaired) electrons. The van der Waals surface area contributed by atoms with Crippen molar-refractivity contribution >= 4 is 9.84 Å². The van der Waals surface area contributed by atoms with Crippen LogP contribution in [0, 0.1) is 0 Å². The molecule has 2 fully saturated rings.